The first-order valence-electron chi connectivity index (χ1n) is 18.7. The quantitative estimate of drug-likeness (QED) is 0.169. The molecule has 1 aromatic heterocycles. The third kappa shape index (κ3) is 5.23. The molecule has 0 atom stereocenters. The minimum Gasteiger partial charge on any atom is -0.455 e. The van der Waals surface area contributed by atoms with Crippen molar-refractivity contribution in [1.82, 2.24) is 0 Å². The molecule has 0 radical (unpaired) electrons. The second kappa shape index (κ2) is 13.3. The highest BCUT2D eigenvalue weighted by molar-refractivity contribution is 6.26. The van der Waals surface area contributed by atoms with Gasteiger partial charge in [-0.05, 0) is 113 Å². The summed E-state index contributed by atoms with van der Waals surface area (Å²) in [4.78, 5) is 0. The van der Waals surface area contributed by atoms with Crippen molar-refractivity contribution in [2.75, 3.05) is 0 Å². The maximum atomic E-state index is 6.40. The molecule has 0 saturated heterocycles. The predicted octanol–water partition coefficient (Wildman–Crippen LogP) is 14.7. The van der Waals surface area contributed by atoms with Gasteiger partial charge in [0.1, 0.15) is 11.3 Å². The summed E-state index contributed by atoms with van der Waals surface area (Å²) in [5.74, 6) is 0.751. The van der Waals surface area contributed by atoms with Crippen LogP contribution in [-0.2, 0) is 12.8 Å². The Morgan fingerprint density at radius 1 is 0.415 bits per heavy atom. The zero-order valence-corrected chi connectivity index (χ0v) is 30.2. The van der Waals surface area contributed by atoms with Crippen LogP contribution in [0.15, 0.2) is 163 Å². The van der Waals surface area contributed by atoms with Crippen LogP contribution in [0, 0.1) is 0 Å². The highest BCUT2D eigenvalue weighted by atomic mass is 16.3. The Morgan fingerprint density at radius 2 is 0.906 bits per heavy atom. The summed E-state index contributed by atoms with van der Waals surface area (Å²) in [7, 11) is 0. The molecule has 0 fully saturated rings. The van der Waals surface area contributed by atoms with Crippen molar-refractivity contribution >= 4 is 55.4 Å². The van der Waals surface area contributed by atoms with E-state index in [1.807, 2.05) is 19.9 Å². The standard InChI is InChI=1S/C50H34O.C2H6/c1-3-36-45-23-13-22-40(50(45)51-49(36)4-2)33-24-25-39-34(28-33)26-32-15-6-8-17-38(32)46-30-48-44-21-12-10-19-42(44)41-18-9-11-20-43(41)47(48)29-35(46)27-31-14-5-7-16-37(31)39;1-2/h3-25,28-30H,1-2,26-27H2;1-2H3. The summed E-state index contributed by atoms with van der Waals surface area (Å²) in [6.07, 6.45) is 5.26. The van der Waals surface area contributed by atoms with E-state index in [1.54, 1.807) is 6.08 Å². The highest BCUT2D eigenvalue weighted by Crippen LogP contribution is 2.44. The zero-order chi connectivity index (χ0) is 36.1. The molecule has 0 bridgehead atoms. The fourth-order valence-corrected chi connectivity index (χ4v) is 8.59. The van der Waals surface area contributed by atoms with E-state index in [0.29, 0.717) is 0 Å². The van der Waals surface area contributed by atoms with Crippen molar-refractivity contribution in [2.24, 2.45) is 0 Å². The fourth-order valence-electron chi connectivity index (χ4n) is 8.59. The minimum atomic E-state index is 0.751. The van der Waals surface area contributed by atoms with Crippen LogP contribution in [0.5, 0.6) is 0 Å². The van der Waals surface area contributed by atoms with Gasteiger partial charge in [0.15, 0.2) is 0 Å². The van der Waals surface area contributed by atoms with Crippen molar-refractivity contribution in [1.29, 1.82) is 0 Å². The van der Waals surface area contributed by atoms with Gasteiger partial charge in [0, 0.05) is 16.5 Å². The molecule has 8 aromatic carbocycles. The number of hydrogen-bond donors (Lipinski definition) is 0. The molecular formula is C52H40O. The molecule has 0 unspecified atom stereocenters. The van der Waals surface area contributed by atoms with Gasteiger partial charge in [-0.1, -0.05) is 167 Å². The maximum Gasteiger partial charge on any atom is 0.143 e. The second-order valence-corrected chi connectivity index (χ2v) is 13.7. The smallest absolute Gasteiger partial charge is 0.143 e. The van der Waals surface area contributed by atoms with Crippen molar-refractivity contribution in [3.05, 3.63) is 192 Å². The molecule has 1 aliphatic carbocycles. The van der Waals surface area contributed by atoms with E-state index < -0.39 is 0 Å². The monoisotopic (exact) mass is 680 g/mol. The summed E-state index contributed by atoms with van der Waals surface area (Å²) < 4.78 is 6.40. The van der Waals surface area contributed by atoms with Crippen LogP contribution in [0.4, 0.5) is 0 Å². The van der Waals surface area contributed by atoms with Crippen LogP contribution in [0.2, 0.25) is 0 Å². The van der Waals surface area contributed by atoms with E-state index in [-0.39, 0.29) is 0 Å². The van der Waals surface area contributed by atoms with Crippen molar-refractivity contribution in [3.63, 3.8) is 0 Å². The largest absolute Gasteiger partial charge is 0.455 e. The zero-order valence-electron chi connectivity index (χ0n) is 30.2. The lowest BCUT2D eigenvalue weighted by atomic mass is 9.81. The number of rotatable bonds is 3. The number of para-hydroxylation sites is 1. The average Bonchev–Trinajstić information content (AvgIpc) is 3.60. The van der Waals surface area contributed by atoms with Crippen molar-refractivity contribution in [2.45, 2.75) is 26.7 Å². The van der Waals surface area contributed by atoms with Gasteiger partial charge in [0.05, 0.1) is 0 Å². The first-order valence-corrected chi connectivity index (χ1v) is 18.7. The molecule has 0 spiro atoms. The van der Waals surface area contributed by atoms with E-state index >= 15 is 0 Å². The van der Waals surface area contributed by atoms with Gasteiger partial charge < -0.3 is 4.42 Å². The van der Waals surface area contributed by atoms with E-state index in [0.717, 1.165) is 46.3 Å². The van der Waals surface area contributed by atoms with E-state index in [4.69, 9.17) is 4.42 Å². The Morgan fingerprint density at radius 3 is 1.53 bits per heavy atom. The molecule has 254 valence electrons. The molecule has 0 saturated carbocycles. The lowest BCUT2D eigenvalue weighted by Gasteiger charge is -2.22. The molecule has 0 aliphatic heterocycles. The molecule has 1 nitrogen and oxygen atoms in total. The van der Waals surface area contributed by atoms with Crippen LogP contribution in [0.25, 0.3) is 88.8 Å². The minimum absolute atomic E-state index is 0.751. The maximum absolute atomic E-state index is 6.40. The van der Waals surface area contributed by atoms with Crippen LogP contribution in [0.3, 0.4) is 0 Å². The number of benzene rings is 8. The second-order valence-electron chi connectivity index (χ2n) is 13.7. The van der Waals surface area contributed by atoms with Gasteiger partial charge in [-0.2, -0.15) is 0 Å². The Kier molecular flexibility index (Phi) is 8.13. The number of fused-ring (bicyclic) bond motifs is 13. The lowest BCUT2D eigenvalue weighted by molar-refractivity contribution is 0.604. The van der Waals surface area contributed by atoms with Crippen LogP contribution < -0.4 is 0 Å². The van der Waals surface area contributed by atoms with E-state index in [1.165, 1.54) is 76.8 Å². The molecule has 9 aromatic rings. The molecule has 10 rings (SSSR count). The fraction of sp³-hybridized carbons (Fsp3) is 0.0769. The van der Waals surface area contributed by atoms with Gasteiger partial charge in [-0.3, -0.25) is 0 Å². The third-order valence-electron chi connectivity index (χ3n) is 10.9. The van der Waals surface area contributed by atoms with E-state index in [2.05, 4.69) is 159 Å². The normalized spacial score (nSPS) is 12.0. The van der Waals surface area contributed by atoms with Gasteiger partial charge in [0.25, 0.3) is 0 Å². The van der Waals surface area contributed by atoms with Gasteiger partial charge >= 0.3 is 0 Å². The highest BCUT2D eigenvalue weighted by Gasteiger charge is 2.21. The van der Waals surface area contributed by atoms with Crippen LogP contribution in [0.1, 0.15) is 47.4 Å². The van der Waals surface area contributed by atoms with Crippen molar-refractivity contribution < 1.29 is 4.42 Å². The molecule has 53 heavy (non-hydrogen) atoms. The summed E-state index contributed by atoms with van der Waals surface area (Å²) in [5.41, 5.74) is 14.5. The summed E-state index contributed by atoms with van der Waals surface area (Å²) >= 11 is 0. The Balaban J connectivity index is 0.00000183. The predicted molar refractivity (Wildman–Crippen MR) is 229 cm³/mol. The van der Waals surface area contributed by atoms with Crippen LogP contribution >= 0.6 is 0 Å². The van der Waals surface area contributed by atoms with Gasteiger partial charge in [0.2, 0.25) is 0 Å². The Bertz CT molecular complexity index is 2900. The summed E-state index contributed by atoms with van der Waals surface area (Å²) in [5, 5.41) is 8.87. The number of hydrogen-bond acceptors (Lipinski definition) is 1. The molecule has 1 aliphatic rings. The Labute approximate surface area is 311 Å². The SMILES string of the molecule is C=Cc1oc2c(-c3ccc4c(c3)Cc3ccccc3-c3cc5c6ccccc6c6ccccc6c5cc3Cc3ccccc3-4)cccc2c1C=C.CC. The van der Waals surface area contributed by atoms with Gasteiger partial charge in [-0.25, -0.2) is 0 Å². The lowest BCUT2D eigenvalue weighted by Crippen LogP contribution is -2.03. The van der Waals surface area contributed by atoms with Crippen molar-refractivity contribution in [3.8, 4) is 33.4 Å². The summed E-state index contributed by atoms with van der Waals surface area (Å²) in [6, 6.07) is 54.0. The average molecular weight is 681 g/mol. The third-order valence-corrected chi connectivity index (χ3v) is 10.9. The van der Waals surface area contributed by atoms with Gasteiger partial charge in [-0.15, -0.1) is 0 Å². The van der Waals surface area contributed by atoms with E-state index in [9.17, 15) is 0 Å². The first-order chi connectivity index (χ1) is 26.2. The number of furan rings is 1. The Hall–Kier alpha value is -6.44. The molecular weight excluding hydrogens is 641 g/mol. The first kappa shape index (κ1) is 32.5. The molecule has 1 heterocycles. The molecule has 0 N–H and O–H groups in total. The molecule has 0 amide bonds. The topological polar surface area (TPSA) is 13.1 Å². The van der Waals surface area contributed by atoms with Crippen LogP contribution in [-0.4, -0.2) is 0 Å². The molecule has 1 heteroatoms. The summed E-state index contributed by atoms with van der Waals surface area (Å²) in [6.45, 7) is 12.0.